The fourth-order valence-corrected chi connectivity index (χ4v) is 4.30. The third-order valence-electron chi connectivity index (χ3n) is 6.15. The quantitative estimate of drug-likeness (QED) is 0.418. The van der Waals surface area contributed by atoms with Gasteiger partial charge in [-0.2, -0.15) is 4.98 Å². The molecule has 4 aromatic rings. The summed E-state index contributed by atoms with van der Waals surface area (Å²) < 4.78 is 0. The van der Waals surface area contributed by atoms with Gasteiger partial charge in [-0.25, -0.2) is 4.98 Å². The molecule has 0 saturated carbocycles. The van der Waals surface area contributed by atoms with Crippen LogP contribution in [-0.4, -0.2) is 51.3 Å². The summed E-state index contributed by atoms with van der Waals surface area (Å²) in [5.74, 6) is 1.27. The van der Waals surface area contributed by atoms with Crippen molar-refractivity contribution in [2.75, 3.05) is 36.8 Å². The first-order valence-corrected chi connectivity index (χ1v) is 11.3. The third kappa shape index (κ3) is 4.79. The maximum atomic E-state index is 10.6. The first-order chi connectivity index (χ1) is 16.5. The van der Waals surface area contributed by atoms with Crippen molar-refractivity contribution in [3.8, 4) is 33.9 Å². The van der Waals surface area contributed by atoms with Gasteiger partial charge in [0, 0.05) is 44.4 Å². The Morgan fingerprint density at radius 2 is 1.47 bits per heavy atom. The first-order valence-electron chi connectivity index (χ1n) is 11.3. The van der Waals surface area contributed by atoms with E-state index < -0.39 is 0 Å². The number of nitrogen functional groups attached to an aromatic ring is 1. The molecule has 172 valence electrons. The van der Waals surface area contributed by atoms with Gasteiger partial charge in [-0.3, -0.25) is 4.90 Å². The highest BCUT2D eigenvalue weighted by Gasteiger charge is 2.20. The van der Waals surface area contributed by atoms with E-state index in [0.717, 1.165) is 49.7 Å². The average Bonchev–Trinajstić information content (AvgIpc) is 2.86. The molecular weight excluding hydrogens is 426 g/mol. The van der Waals surface area contributed by atoms with Gasteiger partial charge in [0.25, 0.3) is 0 Å². The zero-order valence-electron chi connectivity index (χ0n) is 18.8. The highest BCUT2D eigenvalue weighted by atomic mass is 16.3. The molecule has 0 bridgehead atoms. The van der Waals surface area contributed by atoms with Crippen LogP contribution >= 0.6 is 0 Å². The fourth-order valence-electron chi connectivity index (χ4n) is 4.30. The number of anilines is 2. The summed E-state index contributed by atoms with van der Waals surface area (Å²) in [5.41, 5.74) is 10.4. The summed E-state index contributed by atoms with van der Waals surface area (Å²) in [7, 11) is 0. The molecule has 2 heterocycles. The van der Waals surface area contributed by atoms with Crippen LogP contribution in [0.4, 0.5) is 11.8 Å². The molecule has 1 aliphatic heterocycles. The van der Waals surface area contributed by atoms with E-state index in [-0.39, 0.29) is 17.4 Å². The van der Waals surface area contributed by atoms with Crippen LogP contribution in [0.25, 0.3) is 22.4 Å². The van der Waals surface area contributed by atoms with E-state index in [1.807, 2.05) is 36.4 Å². The number of hydrogen-bond acceptors (Lipinski definition) is 7. The second-order valence-electron chi connectivity index (χ2n) is 8.50. The van der Waals surface area contributed by atoms with Crippen LogP contribution in [0, 0.1) is 0 Å². The maximum absolute atomic E-state index is 10.6. The molecule has 34 heavy (non-hydrogen) atoms. The van der Waals surface area contributed by atoms with Crippen LogP contribution in [0.2, 0.25) is 0 Å². The molecule has 1 fully saturated rings. The number of nitrogens with zero attached hydrogens (tertiary/aromatic N) is 4. The smallest absolute Gasteiger partial charge is 0.222 e. The molecule has 5 rings (SSSR count). The summed E-state index contributed by atoms with van der Waals surface area (Å²) in [6, 6.07) is 24.7. The van der Waals surface area contributed by atoms with Crippen molar-refractivity contribution in [3.63, 3.8) is 0 Å². The van der Waals surface area contributed by atoms with Crippen molar-refractivity contribution in [2.24, 2.45) is 0 Å². The van der Waals surface area contributed by atoms with Crippen molar-refractivity contribution in [1.82, 2.24) is 14.9 Å². The van der Waals surface area contributed by atoms with Gasteiger partial charge >= 0.3 is 0 Å². The van der Waals surface area contributed by atoms with Crippen LogP contribution in [0.3, 0.4) is 0 Å². The zero-order chi connectivity index (χ0) is 23.5. The molecule has 3 aromatic carbocycles. The highest BCUT2D eigenvalue weighted by Crippen LogP contribution is 2.34. The highest BCUT2D eigenvalue weighted by molar-refractivity contribution is 5.77. The van der Waals surface area contributed by atoms with E-state index in [4.69, 9.17) is 5.73 Å². The van der Waals surface area contributed by atoms with Crippen LogP contribution in [0.5, 0.6) is 11.5 Å². The lowest BCUT2D eigenvalue weighted by molar-refractivity contribution is 0.249. The summed E-state index contributed by atoms with van der Waals surface area (Å²) in [6.07, 6.45) is 0. The monoisotopic (exact) mass is 453 g/mol. The molecule has 1 aliphatic rings. The number of phenols is 2. The van der Waals surface area contributed by atoms with Crippen LogP contribution in [0.15, 0.2) is 78.9 Å². The molecule has 0 aliphatic carbocycles. The summed E-state index contributed by atoms with van der Waals surface area (Å²) >= 11 is 0. The Kier molecular flexibility index (Phi) is 6.01. The number of aromatic nitrogens is 2. The average molecular weight is 454 g/mol. The lowest BCUT2D eigenvalue weighted by Gasteiger charge is -2.35. The van der Waals surface area contributed by atoms with Gasteiger partial charge in [0.15, 0.2) is 0 Å². The number of phenolic OH excluding ortho intramolecular Hbond substituents is 2. The van der Waals surface area contributed by atoms with Crippen molar-refractivity contribution < 1.29 is 10.2 Å². The Balaban J connectivity index is 1.36. The Bertz CT molecular complexity index is 1270. The second kappa shape index (κ2) is 9.41. The van der Waals surface area contributed by atoms with E-state index in [1.54, 1.807) is 18.2 Å². The lowest BCUT2D eigenvalue weighted by Crippen LogP contribution is -2.46. The normalized spacial score (nSPS) is 14.3. The molecule has 0 radical (unpaired) electrons. The number of hydrogen-bond donors (Lipinski definition) is 3. The minimum Gasteiger partial charge on any atom is -0.508 e. The summed E-state index contributed by atoms with van der Waals surface area (Å²) in [4.78, 5) is 13.5. The molecule has 0 atom stereocenters. The molecular formula is C27H27N5O2. The van der Waals surface area contributed by atoms with Crippen LogP contribution in [0.1, 0.15) is 5.56 Å². The number of nitrogens with two attached hydrogens (primary N) is 1. The molecule has 0 amide bonds. The van der Waals surface area contributed by atoms with Crippen molar-refractivity contribution in [2.45, 2.75) is 6.54 Å². The van der Waals surface area contributed by atoms with E-state index >= 15 is 0 Å². The lowest BCUT2D eigenvalue weighted by atomic mass is 10.0. The van der Waals surface area contributed by atoms with E-state index in [1.165, 1.54) is 5.56 Å². The Labute approximate surface area is 198 Å². The van der Waals surface area contributed by atoms with Gasteiger partial charge in [-0.05, 0) is 41.0 Å². The van der Waals surface area contributed by atoms with Crippen LogP contribution < -0.4 is 10.6 Å². The predicted octanol–water partition coefficient (Wildman–Crippen LogP) is 4.13. The number of aromatic hydroxyl groups is 2. The summed E-state index contributed by atoms with van der Waals surface area (Å²) in [6.45, 7) is 4.46. The second-order valence-corrected chi connectivity index (χ2v) is 8.50. The van der Waals surface area contributed by atoms with Gasteiger partial charge in [0.05, 0.1) is 5.69 Å². The van der Waals surface area contributed by atoms with Gasteiger partial charge in [0.2, 0.25) is 5.95 Å². The minimum absolute atomic E-state index is 0.124. The molecule has 1 saturated heterocycles. The molecule has 1 aromatic heterocycles. The molecule has 7 heteroatoms. The Hall–Kier alpha value is -4.10. The van der Waals surface area contributed by atoms with Crippen molar-refractivity contribution in [3.05, 3.63) is 84.4 Å². The topological polar surface area (TPSA) is 98.7 Å². The van der Waals surface area contributed by atoms with Crippen molar-refractivity contribution in [1.29, 1.82) is 0 Å². The zero-order valence-corrected chi connectivity index (χ0v) is 18.8. The number of benzene rings is 3. The standard InChI is InChI=1S/C27H27N5O2/c28-27-29-24(23-16-21(8-11-25(23)34)20-6-9-22(33)10-7-20)17-26(30-27)32-14-12-31(13-15-32)18-19-4-2-1-3-5-19/h1-11,16-17,33-34H,12-15,18H2,(H2,28,29,30). The van der Waals surface area contributed by atoms with Crippen LogP contribution in [-0.2, 0) is 6.54 Å². The number of piperazine rings is 1. The Morgan fingerprint density at radius 1 is 0.765 bits per heavy atom. The fraction of sp³-hybridized carbons (Fsp3) is 0.185. The third-order valence-corrected chi connectivity index (χ3v) is 6.15. The molecule has 0 unspecified atom stereocenters. The molecule has 7 nitrogen and oxygen atoms in total. The van der Waals surface area contributed by atoms with Gasteiger partial charge in [-0.1, -0.05) is 48.5 Å². The van der Waals surface area contributed by atoms with Gasteiger partial charge < -0.3 is 20.8 Å². The van der Waals surface area contributed by atoms with Gasteiger partial charge in [-0.15, -0.1) is 0 Å². The van der Waals surface area contributed by atoms with E-state index in [9.17, 15) is 10.2 Å². The number of rotatable bonds is 5. The minimum atomic E-state index is 0.124. The first kappa shape index (κ1) is 21.7. The maximum Gasteiger partial charge on any atom is 0.222 e. The molecule has 0 spiro atoms. The SMILES string of the molecule is Nc1nc(-c2cc(-c3ccc(O)cc3)ccc2O)cc(N2CCN(Cc3ccccc3)CC2)n1. The van der Waals surface area contributed by atoms with E-state index in [0.29, 0.717) is 11.3 Å². The largest absolute Gasteiger partial charge is 0.508 e. The Morgan fingerprint density at radius 3 is 2.21 bits per heavy atom. The molecule has 4 N–H and O–H groups in total. The van der Waals surface area contributed by atoms with Gasteiger partial charge in [0.1, 0.15) is 17.3 Å². The summed E-state index contributed by atoms with van der Waals surface area (Å²) in [5, 5.41) is 20.2. The van der Waals surface area contributed by atoms with E-state index in [2.05, 4.69) is 44.0 Å². The van der Waals surface area contributed by atoms with Crippen molar-refractivity contribution >= 4 is 11.8 Å². The predicted molar refractivity (Wildman–Crippen MR) is 135 cm³/mol.